The smallest absolute Gasteiger partial charge is 0.123 e. The van der Waals surface area contributed by atoms with Gasteiger partial charge in [0.15, 0.2) is 0 Å². The molecule has 17 heavy (non-hydrogen) atoms. The Morgan fingerprint density at radius 2 is 2.35 bits per heavy atom. The first-order valence-corrected chi connectivity index (χ1v) is 6.04. The zero-order valence-electron chi connectivity index (χ0n) is 10.1. The molecule has 1 fully saturated rings. The quantitative estimate of drug-likeness (QED) is 0.841. The maximum absolute atomic E-state index is 13.0. The lowest BCUT2D eigenvalue weighted by Gasteiger charge is -2.30. The van der Waals surface area contributed by atoms with Crippen LogP contribution in [0.2, 0.25) is 0 Å². The molecule has 1 atom stereocenters. The van der Waals surface area contributed by atoms with Crippen molar-refractivity contribution in [3.63, 3.8) is 0 Å². The van der Waals surface area contributed by atoms with Crippen molar-refractivity contribution in [2.75, 3.05) is 20.1 Å². The monoisotopic (exact) mass is 238 g/mol. The van der Waals surface area contributed by atoms with E-state index in [1.807, 2.05) is 0 Å². The predicted molar refractivity (Wildman–Crippen MR) is 65.4 cm³/mol. The van der Waals surface area contributed by atoms with Crippen molar-refractivity contribution < 1.29 is 9.50 Å². The van der Waals surface area contributed by atoms with Crippen molar-refractivity contribution in [2.24, 2.45) is 0 Å². The summed E-state index contributed by atoms with van der Waals surface area (Å²) in [6.45, 7) is 2.67. The van der Waals surface area contributed by atoms with E-state index in [1.165, 1.54) is 24.6 Å². The van der Waals surface area contributed by atoms with Crippen LogP contribution in [0.1, 0.15) is 18.4 Å². The topological polar surface area (TPSA) is 35.5 Å². The van der Waals surface area contributed by atoms with Crippen LogP contribution in [0.5, 0.6) is 5.75 Å². The van der Waals surface area contributed by atoms with Crippen LogP contribution >= 0.6 is 0 Å². The predicted octanol–water partition coefficient (Wildman–Crippen LogP) is 1.72. The van der Waals surface area contributed by atoms with Crippen LogP contribution < -0.4 is 5.32 Å². The Hall–Kier alpha value is -1.13. The third-order valence-corrected chi connectivity index (χ3v) is 3.25. The fourth-order valence-corrected chi connectivity index (χ4v) is 2.28. The largest absolute Gasteiger partial charge is 0.508 e. The minimum atomic E-state index is -0.305. The van der Waals surface area contributed by atoms with E-state index in [0.717, 1.165) is 19.5 Å². The van der Waals surface area contributed by atoms with E-state index in [1.54, 1.807) is 0 Å². The van der Waals surface area contributed by atoms with Gasteiger partial charge in [-0.1, -0.05) is 0 Å². The lowest BCUT2D eigenvalue weighted by Crippen LogP contribution is -2.43. The summed E-state index contributed by atoms with van der Waals surface area (Å²) < 4.78 is 13.0. The van der Waals surface area contributed by atoms with Crippen molar-refractivity contribution >= 4 is 0 Å². The van der Waals surface area contributed by atoms with E-state index in [0.29, 0.717) is 18.2 Å². The summed E-state index contributed by atoms with van der Waals surface area (Å²) in [6, 6.07) is 4.48. The second kappa shape index (κ2) is 5.47. The molecule has 2 rings (SSSR count). The van der Waals surface area contributed by atoms with Gasteiger partial charge in [0, 0.05) is 24.7 Å². The molecule has 2 N–H and O–H groups in total. The van der Waals surface area contributed by atoms with Crippen molar-refractivity contribution in [1.29, 1.82) is 0 Å². The van der Waals surface area contributed by atoms with Gasteiger partial charge in [0.05, 0.1) is 0 Å². The van der Waals surface area contributed by atoms with Gasteiger partial charge in [-0.25, -0.2) is 4.39 Å². The summed E-state index contributed by atoms with van der Waals surface area (Å²) in [4.78, 5) is 2.28. The molecule has 1 aromatic carbocycles. The van der Waals surface area contributed by atoms with Crippen LogP contribution in [0.3, 0.4) is 0 Å². The number of halogens is 1. The van der Waals surface area contributed by atoms with Gasteiger partial charge in [-0.15, -0.1) is 0 Å². The van der Waals surface area contributed by atoms with Gasteiger partial charge in [0.2, 0.25) is 0 Å². The molecule has 1 unspecified atom stereocenters. The van der Waals surface area contributed by atoms with E-state index >= 15 is 0 Å². The molecule has 1 aliphatic heterocycles. The van der Waals surface area contributed by atoms with E-state index in [-0.39, 0.29) is 11.6 Å². The fourth-order valence-electron chi connectivity index (χ4n) is 2.28. The number of nitrogens with zero attached hydrogens (tertiary/aromatic N) is 1. The summed E-state index contributed by atoms with van der Waals surface area (Å²) in [5.41, 5.74) is 0.623. The molecule has 0 aliphatic carbocycles. The molecular weight excluding hydrogens is 219 g/mol. The number of hydrogen-bond donors (Lipinski definition) is 2. The Morgan fingerprint density at radius 3 is 3.12 bits per heavy atom. The summed E-state index contributed by atoms with van der Waals surface area (Å²) in [5, 5.41) is 13.0. The molecule has 1 heterocycles. The Morgan fingerprint density at radius 1 is 1.53 bits per heavy atom. The molecule has 94 valence electrons. The number of nitrogens with one attached hydrogen (secondary N) is 1. The maximum atomic E-state index is 13.0. The van der Waals surface area contributed by atoms with Crippen LogP contribution in [0.4, 0.5) is 4.39 Å². The number of aromatic hydroxyl groups is 1. The van der Waals surface area contributed by atoms with Gasteiger partial charge in [0.25, 0.3) is 0 Å². The number of phenols is 1. The molecule has 1 aliphatic rings. The second-order valence-corrected chi connectivity index (χ2v) is 4.76. The number of likely N-dealkylation sites (tertiary alicyclic amines) is 1. The summed E-state index contributed by atoms with van der Waals surface area (Å²) >= 11 is 0. The molecule has 0 aromatic heterocycles. The normalized spacial score (nSPS) is 21.6. The van der Waals surface area contributed by atoms with Gasteiger partial charge in [0.1, 0.15) is 11.6 Å². The van der Waals surface area contributed by atoms with Crippen LogP contribution in [0, 0.1) is 5.82 Å². The number of benzene rings is 1. The summed E-state index contributed by atoms with van der Waals surface area (Å²) in [5.74, 6) is -0.150. The minimum Gasteiger partial charge on any atom is -0.508 e. The number of phenolic OH excluding ortho intramolecular Hbond substituents is 1. The third-order valence-electron chi connectivity index (χ3n) is 3.25. The highest BCUT2D eigenvalue weighted by molar-refractivity contribution is 5.32. The number of likely N-dealkylation sites (N-methyl/N-ethyl adjacent to an activating group) is 1. The van der Waals surface area contributed by atoms with E-state index in [2.05, 4.69) is 17.3 Å². The summed E-state index contributed by atoms with van der Waals surface area (Å²) in [7, 11) is 2.10. The molecule has 0 bridgehead atoms. The third kappa shape index (κ3) is 3.41. The Bertz CT molecular complexity index is 384. The zero-order valence-corrected chi connectivity index (χ0v) is 10.1. The van der Waals surface area contributed by atoms with Crippen molar-refractivity contribution in [3.8, 4) is 5.75 Å². The first-order chi connectivity index (χ1) is 8.15. The van der Waals surface area contributed by atoms with Gasteiger partial charge in [-0.2, -0.15) is 0 Å². The standard InChI is InChI=1S/C13H19FN2O/c1-16-6-2-3-12(9-16)15-8-10-7-11(14)4-5-13(10)17/h4-5,7,12,15,17H,2-3,6,8-9H2,1H3. The average molecular weight is 238 g/mol. The highest BCUT2D eigenvalue weighted by atomic mass is 19.1. The highest BCUT2D eigenvalue weighted by Gasteiger charge is 2.16. The van der Waals surface area contributed by atoms with Crippen LogP contribution in [0.15, 0.2) is 18.2 Å². The lowest BCUT2D eigenvalue weighted by atomic mass is 10.1. The Labute approximate surface area is 101 Å². The molecule has 3 nitrogen and oxygen atoms in total. The molecule has 4 heteroatoms. The Kier molecular flexibility index (Phi) is 3.97. The average Bonchev–Trinajstić information content (AvgIpc) is 2.30. The van der Waals surface area contributed by atoms with Gasteiger partial charge in [-0.3, -0.25) is 0 Å². The fraction of sp³-hybridized carbons (Fsp3) is 0.538. The minimum absolute atomic E-state index is 0.156. The van der Waals surface area contributed by atoms with Gasteiger partial charge < -0.3 is 15.3 Å². The van der Waals surface area contributed by atoms with Crippen molar-refractivity contribution in [1.82, 2.24) is 10.2 Å². The van der Waals surface area contributed by atoms with Crippen LogP contribution in [-0.2, 0) is 6.54 Å². The number of rotatable bonds is 3. The summed E-state index contributed by atoms with van der Waals surface area (Å²) in [6.07, 6.45) is 2.32. The molecule has 0 spiro atoms. The molecule has 1 aromatic rings. The number of piperidine rings is 1. The molecular formula is C13H19FN2O. The maximum Gasteiger partial charge on any atom is 0.123 e. The van der Waals surface area contributed by atoms with E-state index < -0.39 is 0 Å². The zero-order chi connectivity index (χ0) is 12.3. The SMILES string of the molecule is CN1CCCC(NCc2cc(F)ccc2O)C1. The first-order valence-electron chi connectivity index (χ1n) is 6.04. The molecule has 0 saturated carbocycles. The van der Waals surface area contributed by atoms with Gasteiger partial charge in [-0.05, 0) is 44.6 Å². The molecule has 0 amide bonds. The Balaban J connectivity index is 1.90. The van der Waals surface area contributed by atoms with Crippen LogP contribution in [0.25, 0.3) is 0 Å². The van der Waals surface area contributed by atoms with Gasteiger partial charge >= 0.3 is 0 Å². The highest BCUT2D eigenvalue weighted by Crippen LogP contribution is 2.18. The molecule has 0 radical (unpaired) electrons. The van der Waals surface area contributed by atoms with Crippen molar-refractivity contribution in [3.05, 3.63) is 29.6 Å². The number of hydrogen-bond acceptors (Lipinski definition) is 3. The second-order valence-electron chi connectivity index (χ2n) is 4.76. The van der Waals surface area contributed by atoms with E-state index in [4.69, 9.17) is 0 Å². The first kappa shape index (κ1) is 12.3. The molecule has 1 saturated heterocycles. The lowest BCUT2D eigenvalue weighted by molar-refractivity contribution is 0.226. The van der Waals surface area contributed by atoms with Crippen molar-refractivity contribution in [2.45, 2.75) is 25.4 Å². The van der Waals surface area contributed by atoms with Crippen LogP contribution in [-0.4, -0.2) is 36.2 Å². The van der Waals surface area contributed by atoms with E-state index in [9.17, 15) is 9.50 Å².